The fourth-order valence-electron chi connectivity index (χ4n) is 3.37. The predicted octanol–water partition coefficient (Wildman–Crippen LogP) is 4.31. The second-order valence-corrected chi connectivity index (χ2v) is 9.62. The molecule has 1 atom stereocenters. The van der Waals surface area contributed by atoms with Gasteiger partial charge in [-0.05, 0) is 49.6 Å². The van der Waals surface area contributed by atoms with E-state index in [0.717, 1.165) is 33.6 Å². The summed E-state index contributed by atoms with van der Waals surface area (Å²) in [7, 11) is -3.85. The Morgan fingerprint density at radius 2 is 2.04 bits per heavy atom. The number of para-hydroxylation sites is 1. The highest BCUT2D eigenvalue weighted by Gasteiger charge is 2.33. The van der Waals surface area contributed by atoms with Crippen LogP contribution >= 0.6 is 11.3 Å². The molecule has 0 radical (unpaired) electrons. The van der Waals surface area contributed by atoms with E-state index in [4.69, 9.17) is 0 Å². The van der Waals surface area contributed by atoms with Crippen LogP contribution in [0.4, 0.5) is 4.39 Å². The average Bonchev–Trinajstić information content (AvgIpc) is 3.08. The van der Waals surface area contributed by atoms with E-state index in [2.05, 4.69) is 4.98 Å². The Hall–Kier alpha value is -1.83. The molecule has 2 heterocycles. The van der Waals surface area contributed by atoms with E-state index < -0.39 is 15.8 Å². The van der Waals surface area contributed by atoms with Crippen LogP contribution in [0, 0.1) is 12.7 Å². The third-order valence-corrected chi connectivity index (χ3v) is 7.83. The summed E-state index contributed by atoms with van der Waals surface area (Å²) in [5.74, 6) is -0.651. The van der Waals surface area contributed by atoms with E-state index in [1.807, 2.05) is 24.3 Å². The molecule has 0 bridgehead atoms. The summed E-state index contributed by atoms with van der Waals surface area (Å²) in [6.07, 6.45) is 1.63. The van der Waals surface area contributed by atoms with Crippen LogP contribution in [0.15, 0.2) is 47.4 Å². The van der Waals surface area contributed by atoms with E-state index in [1.165, 1.54) is 16.4 Å². The normalized spacial score (nSPS) is 19.1. The molecule has 1 aliphatic heterocycles. The fourth-order valence-corrected chi connectivity index (χ4v) is 6.14. The molecule has 4 nitrogen and oxygen atoms in total. The maximum atomic E-state index is 14.2. The van der Waals surface area contributed by atoms with E-state index in [1.54, 1.807) is 24.3 Å². The summed E-state index contributed by atoms with van der Waals surface area (Å²) in [5, 5.41) is 0.954. The lowest BCUT2D eigenvalue weighted by Crippen LogP contribution is -2.39. The number of aromatic nitrogens is 1. The van der Waals surface area contributed by atoms with Crippen LogP contribution < -0.4 is 0 Å². The van der Waals surface area contributed by atoms with Gasteiger partial charge in [0.1, 0.15) is 10.7 Å². The standard InChI is InChI=1S/C19H19FN2O2S2/c1-13-8-9-15(20)18(11-13)26(23,24)22-10-4-5-14(12-22)19-21-16-6-2-3-7-17(16)25-19/h2-3,6-9,11,14H,4-5,10,12H2,1H3. The second-order valence-electron chi connectivity index (χ2n) is 6.66. The third kappa shape index (κ3) is 3.15. The first-order chi connectivity index (χ1) is 12.4. The van der Waals surface area contributed by atoms with Crippen molar-refractivity contribution in [2.75, 3.05) is 13.1 Å². The number of hydrogen-bond donors (Lipinski definition) is 0. The largest absolute Gasteiger partial charge is 0.246 e. The Morgan fingerprint density at radius 1 is 1.23 bits per heavy atom. The van der Waals surface area contributed by atoms with Gasteiger partial charge in [-0.2, -0.15) is 4.31 Å². The second kappa shape index (κ2) is 6.72. The molecule has 0 N–H and O–H groups in total. The number of sulfonamides is 1. The number of fused-ring (bicyclic) bond motifs is 1. The Kier molecular flexibility index (Phi) is 4.54. The van der Waals surface area contributed by atoms with Crippen molar-refractivity contribution in [2.45, 2.75) is 30.6 Å². The van der Waals surface area contributed by atoms with Crippen LogP contribution in [0.1, 0.15) is 29.3 Å². The molecule has 0 saturated carbocycles. The average molecular weight is 391 g/mol. The van der Waals surface area contributed by atoms with Crippen LogP contribution in [0.2, 0.25) is 0 Å². The molecule has 0 aliphatic carbocycles. The summed E-state index contributed by atoms with van der Waals surface area (Å²) in [4.78, 5) is 4.45. The highest BCUT2D eigenvalue weighted by Crippen LogP contribution is 2.35. The molecular weight excluding hydrogens is 371 g/mol. The van der Waals surface area contributed by atoms with Crippen LogP contribution in [-0.4, -0.2) is 30.8 Å². The van der Waals surface area contributed by atoms with E-state index >= 15 is 0 Å². The minimum atomic E-state index is -3.85. The molecule has 7 heteroatoms. The number of rotatable bonds is 3. The molecule has 3 aromatic rings. The third-order valence-electron chi connectivity index (χ3n) is 4.75. The predicted molar refractivity (Wildman–Crippen MR) is 101 cm³/mol. The molecule has 1 fully saturated rings. The van der Waals surface area contributed by atoms with Crippen molar-refractivity contribution in [1.82, 2.24) is 9.29 Å². The van der Waals surface area contributed by atoms with Crippen molar-refractivity contribution in [1.29, 1.82) is 0 Å². The molecular formula is C19H19FN2O2S2. The van der Waals surface area contributed by atoms with Gasteiger partial charge in [-0.15, -0.1) is 11.3 Å². The van der Waals surface area contributed by atoms with Gasteiger partial charge in [-0.1, -0.05) is 18.2 Å². The van der Waals surface area contributed by atoms with Gasteiger partial charge in [-0.3, -0.25) is 0 Å². The Bertz CT molecular complexity index is 1030. The minimum Gasteiger partial charge on any atom is -0.241 e. The van der Waals surface area contributed by atoms with Crippen molar-refractivity contribution in [3.63, 3.8) is 0 Å². The molecule has 0 spiro atoms. The van der Waals surface area contributed by atoms with Crippen molar-refractivity contribution < 1.29 is 12.8 Å². The number of halogens is 1. The first kappa shape index (κ1) is 17.6. The Labute approximate surface area is 156 Å². The van der Waals surface area contributed by atoms with Crippen LogP contribution in [-0.2, 0) is 10.0 Å². The van der Waals surface area contributed by atoms with Gasteiger partial charge >= 0.3 is 0 Å². The number of nitrogens with zero attached hydrogens (tertiary/aromatic N) is 2. The first-order valence-corrected chi connectivity index (χ1v) is 10.8. The van der Waals surface area contributed by atoms with Gasteiger partial charge in [-0.25, -0.2) is 17.8 Å². The van der Waals surface area contributed by atoms with Gasteiger partial charge in [0.25, 0.3) is 0 Å². The molecule has 1 unspecified atom stereocenters. The van der Waals surface area contributed by atoms with Gasteiger partial charge in [0, 0.05) is 19.0 Å². The van der Waals surface area contributed by atoms with Gasteiger partial charge in [0.05, 0.1) is 15.2 Å². The van der Waals surface area contributed by atoms with Crippen LogP contribution in [0.3, 0.4) is 0 Å². The highest BCUT2D eigenvalue weighted by molar-refractivity contribution is 7.89. The van der Waals surface area contributed by atoms with E-state index in [9.17, 15) is 12.8 Å². The lowest BCUT2D eigenvalue weighted by Gasteiger charge is -2.31. The summed E-state index contributed by atoms with van der Waals surface area (Å²) in [6.45, 7) is 2.52. The minimum absolute atomic E-state index is 0.0452. The zero-order chi connectivity index (χ0) is 18.3. The summed E-state index contributed by atoms with van der Waals surface area (Å²) >= 11 is 1.61. The quantitative estimate of drug-likeness (QED) is 0.669. The zero-order valence-electron chi connectivity index (χ0n) is 14.4. The molecule has 0 amide bonds. The molecule has 26 heavy (non-hydrogen) atoms. The topological polar surface area (TPSA) is 50.3 Å². The first-order valence-electron chi connectivity index (χ1n) is 8.57. The smallest absolute Gasteiger partial charge is 0.241 e. The summed E-state index contributed by atoms with van der Waals surface area (Å²) in [5.41, 5.74) is 1.67. The van der Waals surface area contributed by atoms with Crippen molar-refractivity contribution in [2.24, 2.45) is 0 Å². The number of piperidine rings is 1. The lowest BCUT2D eigenvalue weighted by atomic mass is 10.0. The maximum absolute atomic E-state index is 14.2. The molecule has 136 valence electrons. The monoisotopic (exact) mass is 390 g/mol. The lowest BCUT2D eigenvalue weighted by molar-refractivity contribution is 0.314. The highest BCUT2D eigenvalue weighted by atomic mass is 32.2. The fraction of sp³-hybridized carbons (Fsp3) is 0.316. The number of benzene rings is 2. The van der Waals surface area contributed by atoms with E-state index in [0.29, 0.717) is 13.1 Å². The molecule has 1 aromatic heterocycles. The summed E-state index contributed by atoms with van der Waals surface area (Å²) in [6, 6.07) is 12.1. The molecule has 2 aromatic carbocycles. The number of hydrogen-bond acceptors (Lipinski definition) is 4. The van der Waals surface area contributed by atoms with Gasteiger partial charge in [0.15, 0.2) is 0 Å². The SMILES string of the molecule is Cc1ccc(F)c(S(=O)(=O)N2CCCC(c3nc4ccccc4s3)C2)c1. The number of thiazole rings is 1. The van der Waals surface area contributed by atoms with Crippen molar-refractivity contribution >= 4 is 31.6 Å². The van der Waals surface area contributed by atoms with Crippen LogP contribution in [0.25, 0.3) is 10.2 Å². The van der Waals surface area contributed by atoms with Crippen molar-refractivity contribution in [3.8, 4) is 0 Å². The Morgan fingerprint density at radius 3 is 2.85 bits per heavy atom. The Balaban J connectivity index is 1.64. The molecule has 1 saturated heterocycles. The van der Waals surface area contributed by atoms with Crippen molar-refractivity contribution in [3.05, 3.63) is 58.9 Å². The zero-order valence-corrected chi connectivity index (χ0v) is 16.0. The number of aryl methyl sites for hydroxylation is 1. The van der Waals surface area contributed by atoms with E-state index in [-0.39, 0.29) is 10.8 Å². The van der Waals surface area contributed by atoms with Gasteiger partial charge < -0.3 is 0 Å². The molecule has 1 aliphatic rings. The van der Waals surface area contributed by atoms with Gasteiger partial charge in [0.2, 0.25) is 10.0 Å². The van der Waals surface area contributed by atoms with Crippen LogP contribution in [0.5, 0.6) is 0 Å². The maximum Gasteiger partial charge on any atom is 0.246 e. The molecule has 4 rings (SSSR count). The summed E-state index contributed by atoms with van der Waals surface area (Å²) < 4.78 is 42.6.